The third-order valence-corrected chi connectivity index (χ3v) is 4.35. The first kappa shape index (κ1) is 15.0. The fraction of sp³-hybridized carbons (Fsp3) is 0.625. The van der Waals surface area contributed by atoms with Gasteiger partial charge in [-0.3, -0.25) is 9.78 Å². The summed E-state index contributed by atoms with van der Waals surface area (Å²) in [5, 5.41) is 6.45. The lowest BCUT2D eigenvalue weighted by Gasteiger charge is -2.37. The molecule has 0 spiro atoms. The van der Waals surface area contributed by atoms with E-state index in [4.69, 9.17) is 0 Å². The number of hydrogen-bond donors (Lipinski definition) is 2. The molecule has 2 N–H and O–H groups in total. The van der Waals surface area contributed by atoms with Gasteiger partial charge in [-0.05, 0) is 38.9 Å². The highest BCUT2D eigenvalue weighted by atomic mass is 16.1. The van der Waals surface area contributed by atoms with E-state index >= 15 is 0 Å². The molecule has 1 fully saturated rings. The summed E-state index contributed by atoms with van der Waals surface area (Å²) in [4.78, 5) is 16.6. The van der Waals surface area contributed by atoms with Crippen molar-refractivity contribution in [2.24, 2.45) is 0 Å². The van der Waals surface area contributed by atoms with Crippen molar-refractivity contribution in [2.75, 3.05) is 7.05 Å². The van der Waals surface area contributed by atoms with Crippen molar-refractivity contribution < 1.29 is 4.79 Å². The van der Waals surface area contributed by atoms with Crippen LogP contribution in [-0.2, 0) is 4.79 Å². The number of carbonyl (C=O) groups excluding carboxylic acids is 1. The fourth-order valence-electron chi connectivity index (χ4n) is 3.05. The third-order valence-electron chi connectivity index (χ3n) is 4.35. The van der Waals surface area contributed by atoms with Gasteiger partial charge in [-0.15, -0.1) is 0 Å². The number of amides is 1. The zero-order chi connectivity index (χ0) is 14.4. The van der Waals surface area contributed by atoms with E-state index < -0.39 is 0 Å². The smallest absolute Gasteiger partial charge is 0.222 e. The van der Waals surface area contributed by atoms with Crippen LogP contribution in [0.15, 0.2) is 24.4 Å². The first-order valence-electron chi connectivity index (χ1n) is 7.54. The first-order valence-corrected chi connectivity index (χ1v) is 7.54. The molecule has 20 heavy (non-hydrogen) atoms. The number of hydrogen-bond acceptors (Lipinski definition) is 3. The highest BCUT2D eigenvalue weighted by molar-refractivity contribution is 5.77. The maximum Gasteiger partial charge on any atom is 0.222 e. The summed E-state index contributed by atoms with van der Waals surface area (Å²) in [6.45, 7) is 1.98. The molecule has 0 saturated heterocycles. The SMILES string of the molecule is CNC1(CC(=O)N[C@@H](C)c2ccccn2)CCCCC1. The van der Waals surface area contributed by atoms with Crippen LogP contribution in [-0.4, -0.2) is 23.5 Å². The van der Waals surface area contributed by atoms with Crippen molar-refractivity contribution in [3.05, 3.63) is 30.1 Å². The number of carbonyl (C=O) groups is 1. The van der Waals surface area contributed by atoms with E-state index in [1.54, 1.807) is 6.20 Å². The Morgan fingerprint density at radius 1 is 1.35 bits per heavy atom. The monoisotopic (exact) mass is 275 g/mol. The second-order valence-corrected chi connectivity index (χ2v) is 5.81. The van der Waals surface area contributed by atoms with Gasteiger partial charge >= 0.3 is 0 Å². The van der Waals surface area contributed by atoms with Gasteiger partial charge in [0.1, 0.15) is 0 Å². The summed E-state index contributed by atoms with van der Waals surface area (Å²) in [6.07, 6.45) is 8.21. The first-order chi connectivity index (χ1) is 9.65. The van der Waals surface area contributed by atoms with Crippen LogP contribution in [0, 0.1) is 0 Å². The average Bonchev–Trinajstić information content (AvgIpc) is 2.49. The standard InChI is InChI=1S/C16H25N3O/c1-13(14-8-4-7-11-18-14)19-15(20)12-16(17-2)9-5-3-6-10-16/h4,7-8,11,13,17H,3,5-6,9-10,12H2,1-2H3,(H,19,20)/t13-/m0/s1. The Hall–Kier alpha value is -1.42. The highest BCUT2D eigenvalue weighted by Crippen LogP contribution is 2.30. The summed E-state index contributed by atoms with van der Waals surface area (Å²) in [6, 6.07) is 5.73. The van der Waals surface area contributed by atoms with Gasteiger partial charge in [0.15, 0.2) is 0 Å². The van der Waals surface area contributed by atoms with E-state index in [1.165, 1.54) is 19.3 Å². The number of aromatic nitrogens is 1. The normalized spacial score (nSPS) is 19.3. The minimum atomic E-state index is -0.0406. The molecule has 0 radical (unpaired) electrons. The molecule has 1 amide bonds. The van der Waals surface area contributed by atoms with Gasteiger partial charge in [0.25, 0.3) is 0 Å². The van der Waals surface area contributed by atoms with Gasteiger partial charge in [0.2, 0.25) is 5.91 Å². The Labute approximate surface area is 121 Å². The Morgan fingerprint density at radius 2 is 2.10 bits per heavy atom. The Balaban J connectivity index is 1.91. The van der Waals surface area contributed by atoms with Crippen LogP contribution in [0.25, 0.3) is 0 Å². The predicted octanol–water partition coefficient (Wildman–Crippen LogP) is 2.57. The second kappa shape index (κ2) is 6.84. The van der Waals surface area contributed by atoms with Crippen molar-refractivity contribution in [3.63, 3.8) is 0 Å². The Kier molecular flexibility index (Phi) is 5.12. The van der Waals surface area contributed by atoms with Crippen molar-refractivity contribution >= 4 is 5.91 Å². The molecular weight excluding hydrogens is 250 g/mol. The molecule has 0 bridgehead atoms. The molecule has 2 rings (SSSR count). The summed E-state index contributed by atoms with van der Waals surface area (Å²) in [5.74, 6) is 0.111. The number of nitrogens with one attached hydrogen (secondary N) is 2. The quantitative estimate of drug-likeness (QED) is 0.868. The van der Waals surface area contributed by atoms with E-state index in [0.717, 1.165) is 18.5 Å². The molecule has 0 unspecified atom stereocenters. The molecule has 1 saturated carbocycles. The van der Waals surface area contributed by atoms with E-state index in [2.05, 4.69) is 15.6 Å². The van der Waals surface area contributed by atoms with Crippen LogP contribution in [0.1, 0.15) is 57.2 Å². The van der Waals surface area contributed by atoms with E-state index in [1.807, 2.05) is 32.2 Å². The zero-order valence-corrected chi connectivity index (χ0v) is 12.5. The molecule has 0 aromatic carbocycles. The topological polar surface area (TPSA) is 54.0 Å². The van der Waals surface area contributed by atoms with Gasteiger partial charge in [0, 0.05) is 18.2 Å². The maximum atomic E-state index is 12.3. The van der Waals surface area contributed by atoms with Gasteiger partial charge in [0.05, 0.1) is 11.7 Å². The van der Waals surface area contributed by atoms with Crippen LogP contribution in [0.5, 0.6) is 0 Å². The van der Waals surface area contributed by atoms with E-state index in [-0.39, 0.29) is 17.5 Å². The molecule has 1 aliphatic rings. The van der Waals surface area contributed by atoms with Crippen LogP contribution in [0.4, 0.5) is 0 Å². The van der Waals surface area contributed by atoms with Crippen LogP contribution in [0.3, 0.4) is 0 Å². The molecule has 1 atom stereocenters. The van der Waals surface area contributed by atoms with Crippen LogP contribution >= 0.6 is 0 Å². The number of nitrogens with zero attached hydrogens (tertiary/aromatic N) is 1. The zero-order valence-electron chi connectivity index (χ0n) is 12.5. The molecule has 1 aliphatic carbocycles. The van der Waals surface area contributed by atoms with Gasteiger partial charge in [-0.25, -0.2) is 0 Å². The van der Waals surface area contributed by atoms with Crippen LogP contribution < -0.4 is 10.6 Å². The van der Waals surface area contributed by atoms with E-state index in [0.29, 0.717) is 6.42 Å². The molecule has 1 heterocycles. The Morgan fingerprint density at radius 3 is 2.70 bits per heavy atom. The second-order valence-electron chi connectivity index (χ2n) is 5.81. The minimum Gasteiger partial charge on any atom is -0.348 e. The van der Waals surface area contributed by atoms with Gasteiger partial charge < -0.3 is 10.6 Å². The molecular formula is C16H25N3O. The van der Waals surface area contributed by atoms with Gasteiger partial charge in [-0.1, -0.05) is 25.3 Å². The Bertz CT molecular complexity index is 427. The molecule has 4 nitrogen and oxygen atoms in total. The maximum absolute atomic E-state index is 12.3. The molecule has 1 aromatic rings. The third kappa shape index (κ3) is 3.79. The van der Waals surface area contributed by atoms with Gasteiger partial charge in [-0.2, -0.15) is 0 Å². The van der Waals surface area contributed by atoms with E-state index in [9.17, 15) is 4.79 Å². The van der Waals surface area contributed by atoms with Crippen molar-refractivity contribution in [3.8, 4) is 0 Å². The summed E-state index contributed by atoms with van der Waals surface area (Å²) < 4.78 is 0. The number of pyridine rings is 1. The van der Waals surface area contributed by atoms with Crippen molar-refractivity contribution in [1.82, 2.24) is 15.6 Å². The summed E-state index contributed by atoms with van der Waals surface area (Å²) in [5.41, 5.74) is 0.898. The number of rotatable bonds is 5. The fourth-order valence-corrected chi connectivity index (χ4v) is 3.05. The van der Waals surface area contributed by atoms with Crippen molar-refractivity contribution in [2.45, 2.75) is 57.0 Å². The highest BCUT2D eigenvalue weighted by Gasteiger charge is 2.32. The lowest BCUT2D eigenvalue weighted by molar-refractivity contribution is -0.123. The largest absolute Gasteiger partial charge is 0.348 e. The average molecular weight is 275 g/mol. The molecule has 4 heteroatoms. The lowest BCUT2D eigenvalue weighted by Crippen LogP contribution is -2.48. The minimum absolute atomic E-state index is 0.00777. The lowest BCUT2D eigenvalue weighted by atomic mass is 9.79. The van der Waals surface area contributed by atoms with Crippen LogP contribution in [0.2, 0.25) is 0 Å². The van der Waals surface area contributed by atoms with Crippen molar-refractivity contribution in [1.29, 1.82) is 0 Å². The predicted molar refractivity (Wildman–Crippen MR) is 80.3 cm³/mol. The molecule has 110 valence electrons. The molecule has 0 aliphatic heterocycles. The summed E-state index contributed by atoms with van der Waals surface area (Å²) >= 11 is 0. The summed E-state index contributed by atoms with van der Waals surface area (Å²) in [7, 11) is 1.97. The molecule has 1 aromatic heterocycles.